The summed E-state index contributed by atoms with van der Waals surface area (Å²) in [6, 6.07) is 6.86. The van der Waals surface area contributed by atoms with Crippen LogP contribution in [-0.2, 0) is 0 Å². The second-order valence-corrected chi connectivity index (χ2v) is 4.64. The van der Waals surface area contributed by atoms with E-state index in [0.29, 0.717) is 15.4 Å². The Morgan fingerprint density at radius 2 is 2.00 bits per heavy atom. The molecular weight excluding hydrogens is 326 g/mol. The highest BCUT2D eigenvalue weighted by molar-refractivity contribution is 9.11. The first-order chi connectivity index (χ1) is 7.11. The van der Waals surface area contributed by atoms with E-state index in [2.05, 4.69) is 31.9 Å². The summed E-state index contributed by atoms with van der Waals surface area (Å²) in [5.41, 5.74) is -0.164. The van der Waals surface area contributed by atoms with Crippen LogP contribution in [0.25, 0.3) is 11.0 Å². The summed E-state index contributed by atoms with van der Waals surface area (Å²) in [5.74, 6) is 0. The second kappa shape index (κ2) is 3.80. The Hall–Kier alpha value is -1.12. The Labute approximate surface area is 102 Å². The minimum atomic E-state index is -0.618. The molecule has 3 nitrogen and oxygen atoms in total. The summed E-state index contributed by atoms with van der Waals surface area (Å²) in [4.78, 5) is 11.3. The third kappa shape index (κ3) is 1.83. The summed E-state index contributed by atoms with van der Waals surface area (Å²) < 4.78 is 6.55. The van der Waals surface area contributed by atoms with Gasteiger partial charge in [-0.05, 0) is 34.1 Å². The lowest BCUT2D eigenvalue weighted by atomic mass is 10.2. The standard InChI is InChI=1S/C10H3Br2NO2/c11-7-2-5-1-6(4-13)10(14)15-9(5)8(12)3-7/h1-3H. The number of halogens is 2. The molecule has 0 atom stereocenters. The zero-order chi connectivity index (χ0) is 11.0. The van der Waals surface area contributed by atoms with Gasteiger partial charge < -0.3 is 4.42 Å². The average molecular weight is 329 g/mol. The number of hydrogen-bond acceptors (Lipinski definition) is 3. The van der Waals surface area contributed by atoms with Gasteiger partial charge in [-0.2, -0.15) is 5.26 Å². The maximum atomic E-state index is 11.3. The molecule has 0 aliphatic rings. The molecule has 0 aliphatic carbocycles. The van der Waals surface area contributed by atoms with Gasteiger partial charge in [-0.1, -0.05) is 15.9 Å². The predicted octanol–water partition coefficient (Wildman–Crippen LogP) is 3.19. The van der Waals surface area contributed by atoms with Crippen molar-refractivity contribution in [3.05, 3.63) is 43.1 Å². The lowest BCUT2D eigenvalue weighted by molar-refractivity contribution is 0.557. The molecule has 0 N–H and O–H groups in total. The van der Waals surface area contributed by atoms with Crippen LogP contribution in [0.2, 0.25) is 0 Å². The number of fused-ring (bicyclic) bond motifs is 1. The van der Waals surface area contributed by atoms with E-state index in [0.717, 1.165) is 4.47 Å². The van der Waals surface area contributed by atoms with Crippen molar-refractivity contribution in [2.45, 2.75) is 0 Å². The van der Waals surface area contributed by atoms with E-state index in [4.69, 9.17) is 9.68 Å². The molecule has 15 heavy (non-hydrogen) atoms. The van der Waals surface area contributed by atoms with Gasteiger partial charge in [0.25, 0.3) is 0 Å². The molecule has 0 spiro atoms. The van der Waals surface area contributed by atoms with Crippen LogP contribution in [0.1, 0.15) is 5.56 Å². The highest BCUT2D eigenvalue weighted by Crippen LogP contribution is 2.27. The van der Waals surface area contributed by atoms with Gasteiger partial charge in [-0.3, -0.25) is 0 Å². The van der Waals surface area contributed by atoms with Crippen LogP contribution >= 0.6 is 31.9 Å². The summed E-state index contributed by atoms with van der Waals surface area (Å²) >= 11 is 6.60. The first-order valence-electron chi connectivity index (χ1n) is 3.95. The van der Waals surface area contributed by atoms with Crippen LogP contribution in [0, 0.1) is 11.3 Å². The van der Waals surface area contributed by atoms with Crippen LogP contribution in [-0.4, -0.2) is 0 Å². The molecule has 5 heteroatoms. The Kier molecular flexibility index (Phi) is 2.63. The predicted molar refractivity (Wildman–Crippen MR) is 62.6 cm³/mol. The van der Waals surface area contributed by atoms with Crippen molar-refractivity contribution in [2.75, 3.05) is 0 Å². The normalized spacial score (nSPS) is 10.2. The molecule has 1 aromatic carbocycles. The number of nitrogens with zero attached hydrogens (tertiary/aromatic N) is 1. The summed E-state index contributed by atoms with van der Waals surface area (Å²) in [5, 5.41) is 9.38. The fourth-order valence-corrected chi connectivity index (χ4v) is 2.57. The van der Waals surface area contributed by atoms with Gasteiger partial charge in [0.05, 0.1) is 4.47 Å². The van der Waals surface area contributed by atoms with E-state index in [9.17, 15) is 4.79 Å². The molecule has 2 rings (SSSR count). The number of nitriles is 1. The molecule has 0 saturated heterocycles. The topological polar surface area (TPSA) is 54.0 Å². The van der Waals surface area contributed by atoms with Gasteiger partial charge in [-0.25, -0.2) is 4.79 Å². The quantitative estimate of drug-likeness (QED) is 0.698. The fraction of sp³-hybridized carbons (Fsp3) is 0. The minimum absolute atomic E-state index is 0.00694. The van der Waals surface area contributed by atoms with Gasteiger partial charge in [0, 0.05) is 9.86 Å². The van der Waals surface area contributed by atoms with Gasteiger partial charge in [0.2, 0.25) is 0 Å². The smallest absolute Gasteiger partial charge is 0.354 e. The highest BCUT2D eigenvalue weighted by atomic mass is 79.9. The molecule has 2 aromatic rings. The van der Waals surface area contributed by atoms with E-state index in [1.807, 2.05) is 0 Å². The van der Waals surface area contributed by atoms with Gasteiger partial charge in [0.15, 0.2) is 5.58 Å². The number of rotatable bonds is 0. The van der Waals surface area contributed by atoms with E-state index < -0.39 is 5.63 Å². The molecule has 0 unspecified atom stereocenters. The number of benzene rings is 1. The molecular formula is C10H3Br2NO2. The molecule has 1 heterocycles. The largest absolute Gasteiger partial charge is 0.421 e. The van der Waals surface area contributed by atoms with Crippen molar-refractivity contribution in [1.82, 2.24) is 0 Å². The number of hydrogen-bond donors (Lipinski definition) is 0. The Morgan fingerprint density at radius 3 is 2.67 bits per heavy atom. The Morgan fingerprint density at radius 1 is 1.27 bits per heavy atom. The van der Waals surface area contributed by atoms with Crippen molar-refractivity contribution in [1.29, 1.82) is 5.26 Å². The molecule has 0 fully saturated rings. The summed E-state index contributed by atoms with van der Waals surface area (Å²) in [7, 11) is 0. The molecule has 0 amide bonds. The van der Waals surface area contributed by atoms with E-state index >= 15 is 0 Å². The minimum Gasteiger partial charge on any atom is -0.421 e. The lowest BCUT2D eigenvalue weighted by Crippen LogP contribution is -2.03. The van der Waals surface area contributed by atoms with Crippen LogP contribution in [0.15, 0.2) is 36.4 Å². The highest BCUT2D eigenvalue weighted by Gasteiger charge is 2.08. The maximum Gasteiger partial charge on any atom is 0.354 e. The van der Waals surface area contributed by atoms with Crippen LogP contribution in [0.4, 0.5) is 0 Å². The zero-order valence-corrected chi connectivity index (χ0v) is 10.4. The van der Waals surface area contributed by atoms with Crippen LogP contribution in [0.3, 0.4) is 0 Å². The summed E-state index contributed by atoms with van der Waals surface area (Å²) in [6.07, 6.45) is 0. The average Bonchev–Trinajstić information content (AvgIpc) is 2.18. The van der Waals surface area contributed by atoms with Gasteiger partial charge >= 0.3 is 5.63 Å². The molecule has 0 bridgehead atoms. The van der Waals surface area contributed by atoms with Crippen molar-refractivity contribution in [3.8, 4) is 6.07 Å². The molecule has 0 radical (unpaired) electrons. The van der Waals surface area contributed by atoms with E-state index in [-0.39, 0.29) is 5.56 Å². The lowest BCUT2D eigenvalue weighted by Gasteiger charge is -2.00. The fourth-order valence-electron chi connectivity index (χ4n) is 1.24. The van der Waals surface area contributed by atoms with Crippen LogP contribution < -0.4 is 5.63 Å². The first-order valence-corrected chi connectivity index (χ1v) is 5.53. The van der Waals surface area contributed by atoms with Gasteiger partial charge in [0.1, 0.15) is 11.6 Å². The van der Waals surface area contributed by atoms with Crippen molar-refractivity contribution in [3.63, 3.8) is 0 Å². The zero-order valence-electron chi connectivity index (χ0n) is 7.25. The second-order valence-electron chi connectivity index (χ2n) is 2.87. The molecule has 74 valence electrons. The third-order valence-corrected chi connectivity index (χ3v) is 2.92. The van der Waals surface area contributed by atoms with Crippen molar-refractivity contribution < 1.29 is 4.42 Å². The first kappa shape index (κ1) is 10.4. The summed E-state index contributed by atoms with van der Waals surface area (Å²) in [6.45, 7) is 0. The van der Waals surface area contributed by atoms with Crippen LogP contribution in [0.5, 0.6) is 0 Å². The Bertz CT molecular complexity index is 640. The SMILES string of the molecule is N#Cc1cc2cc(Br)cc(Br)c2oc1=O. The van der Waals surface area contributed by atoms with Gasteiger partial charge in [-0.15, -0.1) is 0 Å². The van der Waals surface area contributed by atoms with E-state index in [1.165, 1.54) is 6.07 Å². The van der Waals surface area contributed by atoms with Crippen molar-refractivity contribution in [2.24, 2.45) is 0 Å². The monoisotopic (exact) mass is 327 g/mol. The Balaban J connectivity index is 2.95. The van der Waals surface area contributed by atoms with Crippen molar-refractivity contribution >= 4 is 42.8 Å². The maximum absolute atomic E-state index is 11.3. The molecule has 1 aromatic heterocycles. The molecule has 0 aliphatic heterocycles. The van der Waals surface area contributed by atoms with E-state index in [1.54, 1.807) is 18.2 Å². The molecule has 0 saturated carbocycles. The third-order valence-electron chi connectivity index (χ3n) is 1.87.